The molecule has 1 unspecified atom stereocenters. The van der Waals surface area contributed by atoms with E-state index in [1.54, 1.807) is 0 Å². The first-order chi connectivity index (χ1) is 18.3. The highest BCUT2D eigenvalue weighted by molar-refractivity contribution is 5.81. The Kier molecular flexibility index (Phi) is 6.48. The summed E-state index contributed by atoms with van der Waals surface area (Å²) >= 11 is 0. The van der Waals surface area contributed by atoms with E-state index in [2.05, 4.69) is 73.8 Å². The Labute approximate surface area is 227 Å². The predicted molar refractivity (Wildman–Crippen MR) is 151 cm³/mol. The van der Waals surface area contributed by atoms with Gasteiger partial charge in [0.2, 0.25) is 11.8 Å². The van der Waals surface area contributed by atoms with Crippen molar-refractivity contribution in [2.24, 2.45) is 34.5 Å². The van der Waals surface area contributed by atoms with Crippen LogP contribution in [0.1, 0.15) is 76.0 Å². The lowest BCUT2D eigenvalue weighted by Crippen LogP contribution is -2.54. The molecule has 1 saturated heterocycles. The van der Waals surface area contributed by atoms with Crippen LogP contribution in [0.25, 0.3) is 0 Å². The molecule has 2 aromatic rings. The number of nitrogens with one attached hydrogen (secondary N) is 1. The summed E-state index contributed by atoms with van der Waals surface area (Å²) < 4.78 is 0. The van der Waals surface area contributed by atoms with Gasteiger partial charge >= 0.3 is 0 Å². The highest BCUT2D eigenvalue weighted by atomic mass is 16.2. The van der Waals surface area contributed by atoms with Crippen molar-refractivity contribution in [2.75, 3.05) is 7.05 Å². The van der Waals surface area contributed by atoms with E-state index in [1.807, 2.05) is 24.1 Å². The number of nitrogens with zero attached hydrogens (tertiary/aromatic N) is 1. The largest absolute Gasteiger partial charge is 0.349 e. The summed E-state index contributed by atoms with van der Waals surface area (Å²) in [6.45, 7) is 4.83. The van der Waals surface area contributed by atoms with Crippen molar-refractivity contribution in [2.45, 2.75) is 71.3 Å². The van der Waals surface area contributed by atoms with Gasteiger partial charge in [-0.15, -0.1) is 0 Å². The molecule has 3 fully saturated rings. The second-order valence-electron chi connectivity index (χ2n) is 12.9. The number of fused-ring (bicyclic) bond motifs is 5. The van der Waals surface area contributed by atoms with Crippen molar-refractivity contribution in [1.82, 2.24) is 10.2 Å². The third-order valence-corrected chi connectivity index (χ3v) is 11.1. The minimum atomic E-state index is -0.0283. The quantitative estimate of drug-likeness (QED) is 0.487. The van der Waals surface area contributed by atoms with E-state index >= 15 is 0 Å². The number of carbonyl (C=O) groups is 2. The molecular weight excluding hydrogens is 468 g/mol. The molecule has 200 valence electrons. The van der Waals surface area contributed by atoms with E-state index in [4.69, 9.17) is 0 Å². The van der Waals surface area contributed by atoms with Crippen LogP contribution in [0.2, 0.25) is 0 Å². The fourth-order valence-corrected chi connectivity index (χ4v) is 9.07. The molecule has 1 N–H and O–H groups in total. The van der Waals surface area contributed by atoms with Crippen LogP contribution in [0.4, 0.5) is 0 Å². The van der Waals surface area contributed by atoms with Gasteiger partial charge in [0.05, 0.1) is 6.04 Å². The average Bonchev–Trinajstić information content (AvgIpc) is 3.29. The number of benzene rings is 2. The van der Waals surface area contributed by atoms with Gasteiger partial charge in [-0.25, -0.2) is 0 Å². The van der Waals surface area contributed by atoms with E-state index in [-0.39, 0.29) is 34.6 Å². The van der Waals surface area contributed by atoms with E-state index < -0.39 is 0 Å². The van der Waals surface area contributed by atoms with Gasteiger partial charge < -0.3 is 10.2 Å². The molecule has 38 heavy (non-hydrogen) atoms. The summed E-state index contributed by atoms with van der Waals surface area (Å²) in [6, 6.07) is 20.9. The molecule has 0 bridgehead atoms. The van der Waals surface area contributed by atoms with E-state index in [9.17, 15) is 9.59 Å². The number of amides is 2. The van der Waals surface area contributed by atoms with Gasteiger partial charge in [0.25, 0.3) is 0 Å². The summed E-state index contributed by atoms with van der Waals surface area (Å²) in [6.07, 6.45) is 10.2. The minimum Gasteiger partial charge on any atom is -0.349 e. The van der Waals surface area contributed by atoms with Crippen LogP contribution in [0.3, 0.4) is 0 Å². The van der Waals surface area contributed by atoms with Crippen molar-refractivity contribution in [3.05, 3.63) is 83.6 Å². The van der Waals surface area contributed by atoms with Gasteiger partial charge in [-0.05, 0) is 79.2 Å². The molecule has 0 aromatic heterocycles. The molecule has 2 aromatic carbocycles. The Morgan fingerprint density at radius 1 is 0.974 bits per heavy atom. The lowest BCUT2D eigenvalue weighted by Gasteiger charge is -2.58. The molecule has 1 aliphatic heterocycles. The van der Waals surface area contributed by atoms with Gasteiger partial charge in [0.15, 0.2) is 0 Å². The van der Waals surface area contributed by atoms with E-state index in [0.29, 0.717) is 24.2 Å². The van der Waals surface area contributed by atoms with Crippen LogP contribution in [0, 0.1) is 34.5 Å². The molecule has 1 heterocycles. The number of likely N-dealkylation sites (tertiary alicyclic amines) is 1. The maximum atomic E-state index is 14.0. The van der Waals surface area contributed by atoms with Gasteiger partial charge in [-0.2, -0.15) is 0 Å². The first-order valence-electron chi connectivity index (χ1n) is 14.7. The molecule has 0 spiro atoms. The maximum absolute atomic E-state index is 14.0. The lowest BCUT2D eigenvalue weighted by atomic mass is 9.49. The molecule has 3 aliphatic carbocycles. The van der Waals surface area contributed by atoms with Gasteiger partial charge in [0, 0.05) is 30.5 Å². The number of hydrogen-bond acceptors (Lipinski definition) is 2. The molecule has 7 atom stereocenters. The zero-order valence-electron chi connectivity index (χ0n) is 23.2. The SMILES string of the molecule is CN1C(=O)CC[C@@]2(C)C1=CC[C@@H]1[C@H]2CC[C@]2(C)C(C(=O)N[C@H](Cc3ccccc3)c3ccccc3)CC[C@@H]12. The smallest absolute Gasteiger partial charge is 0.226 e. The third-order valence-electron chi connectivity index (χ3n) is 11.1. The highest BCUT2D eigenvalue weighted by Gasteiger charge is 2.60. The summed E-state index contributed by atoms with van der Waals surface area (Å²) in [5.41, 5.74) is 3.80. The van der Waals surface area contributed by atoms with Crippen LogP contribution in [0.5, 0.6) is 0 Å². The Morgan fingerprint density at radius 2 is 1.68 bits per heavy atom. The van der Waals surface area contributed by atoms with Crippen LogP contribution < -0.4 is 5.32 Å². The molecule has 0 radical (unpaired) electrons. The minimum absolute atomic E-state index is 0.0283. The number of carbonyl (C=O) groups excluding carboxylic acids is 2. The topological polar surface area (TPSA) is 49.4 Å². The lowest BCUT2D eigenvalue weighted by molar-refractivity contribution is -0.138. The van der Waals surface area contributed by atoms with Crippen molar-refractivity contribution in [1.29, 1.82) is 0 Å². The van der Waals surface area contributed by atoms with E-state index in [1.165, 1.54) is 16.8 Å². The Morgan fingerprint density at radius 3 is 2.42 bits per heavy atom. The summed E-state index contributed by atoms with van der Waals surface area (Å²) in [4.78, 5) is 28.4. The number of rotatable bonds is 5. The monoisotopic (exact) mass is 510 g/mol. The average molecular weight is 511 g/mol. The summed E-state index contributed by atoms with van der Waals surface area (Å²) in [5, 5.41) is 3.52. The maximum Gasteiger partial charge on any atom is 0.226 e. The highest BCUT2D eigenvalue weighted by Crippen LogP contribution is 2.66. The molecular formula is C34H42N2O2. The van der Waals surface area contributed by atoms with Crippen LogP contribution >= 0.6 is 0 Å². The fraction of sp³-hybridized carbons (Fsp3) is 0.529. The number of allylic oxidation sites excluding steroid dienone is 2. The number of hydrogen-bond donors (Lipinski definition) is 1. The third kappa shape index (κ3) is 4.12. The van der Waals surface area contributed by atoms with Crippen molar-refractivity contribution < 1.29 is 9.59 Å². The number of piperidine rings is 1. The first-order valence-corrected chi connectivity index (χ1v) is 14.7. The molecule has 6 rings (SSSR count). The van der Waals surface area contributed by atoms with Gasteiger partial charge in [0.1, 0.15) is 0 Å². The standard InChI is InChI=1S/C34H42N2O2/c1-33-20-18-27-25(14-17-30-34(27,2)21-19-31(37)36(30)3)26(33)15-16-28(33)32(38)35-29(24-12-8-5-9-13-24)22-23-10-6-4-7-11-23/h4-13,17,25-29H,14-16,18-22H2,1-3H3,(H,35,38)/t25-,26-,27+,28?,29+,33-,34+/m0/s1. The summed E-state index contributed by atoms with van der Waals surface area (Å²) in [5.74, 6) is 2.33. The molecule has 2 saturated carbocycles. The molecule has 4 aliphatic rings. The van der Waals surface area contributed by atoms with Crippen molar-refractivity contribution in [3.63, 3.8) is 0 Å². The zero-order valence-corrected chi connectivity index (χ0v) is 23.2. The first kappa shape index (κ1) is 25.4. The second-order valence-corrected chi connectivity index (χ2v) is 12.9. The van der Waals surface area contributed by atoms with E-state index in [0.717, 1.165) is 44.9 Å². The molecule has 2 amide bonds. The zero-order chi connectivity index (χ0) is 26.5. The normalized spacial score (nSPS) is 35.0. The molecule has 4 nitrogen and oxygen atoms in total. The van der Waals surface area contributed by atoms with Crippen LogP contribution in [0.15, 0.2) is 72.4 Å². The second kappa shape index (κ2) is 9.70. The Hall–Kier alpha value is -2.88. The van der Waals surface area contributed by atoms with Gasteiger partial charge in [-0.3, -0.25) is 9.59 Å². The molecule has 4 heteroatoms. The Balaban J connectivity index is 1.23. The predicted octanol–water partition coefficient (Wildman–Crippen LogP) is 6.69. The fourth-order valence-electron chi connectivity index (χ4n) is 9.07. The summed E-state index contributed by atoms with van der Waals surface area (Å²) in [7, 11) is 1.97. The van der Waals surface area contributed by atoms with Gasteiger partial charge in [-0.1, -0.05) is 80.6 Å². The van der Waals surface area contributed by atoms with Crippen molar-refractivity contribution in [3.8, 4) is 0 Å². The van der Waals surface area contributed by atoms with Crippen LogP contribution in [-0.4, -0.2) is 23.8 Å². The Bertz CT molecular complexity index is 1220. The van der Waals surface area contributed by atoms with Crippen molar-refractivity contribution >= 4 is 11.8 Å². The van der Waals surface area contributed by atoms with Crippen LogP contribution in [-0.2, 0) is 16.0 Å².